The highest BCUT2D eigenvalue weighted by molar-refractivity contribution is 6.01. The molecule has 0 spiro atoms. The number of nitrogens with one attached hydrogen (secondary N) is 1. The van der Waals surface area contributed by atoms with Crippen molar-refractivity contribution < 1.29 is 4.79 Å². The largest absolute Gasteiger partial charge is 0.324 e. The third kappa shape index (κ3) is 3.39. The van der Waals surface area contributed by atoms with Crippen molar-refractivity contribution in [3.8, 4) is 0 Å². The van der Waals surface area contributed by atoms with Crippen LogP contribution < -0.4 is 5.32 Å². The van der Waals surface area contributed by atoms with E-state index in [0.29, 0.717) is 6.42 Å². The minimum absolute atomic E-state index is 0.0190. The Bertz CT molecular complexity index is 884. The number of fused-ring (bicyclic) bond motifs is 1. The van der Waals surface area contributed by atoms with Crippen LogP contribution in [0, 0.1) is 20.8 Å². The fraction of sp³-hybridized carbons (Fsp3) is 0.200. The van der Waals surface area contributed by atoms with Gasteiger partial charge in [-0.1, -0.05) is 42.0 Å². The number of para-hydroxylation sites is 1. The molecule has 1 amide bonds. The van der Waals surface area contributed by atoms with Crippen LogP contribution in [0.5, 0.6) is 0 Å². The first-order valence-corrected chi connectivity index (χ1v) is 7.75. The Morgan fingerprint density at radius 3 is 2.70 bits per heavy atom. The van der Waals surface area contributed by atoms with E-state index in [0.717, 1.165) is 33.4 Å². The molecule has 0 aliphatic heterocycles. The van der Waals surface area contributed by atoms with Crippen LogP contribution >= 0.6 is 0 Å². The highest BCUT2D eigenvalue weighted by atomic mass is 16.1. The summed E-state index contributed by atoms with van der Waals surface area (Å²) in [5, 5.41) is 4.03. The molecule has 0 fully saturated rings. The number of benzene rings is 2. The van der Waals surface area contributed by atoms with Crippen LogP contribution in [0.25, 0.3) is 10.9 Å². The molecule has 23 heavy (non-hydrogen) atoms. The lowest BCUT2D eigenvalue weighted by atomic mass is 10.0. The van der Waals surface area contributed by atoms with Gasteiger partial charge in [0.15, 0.2) is 0 Å². The average Bonchev–Trinajstić information content (AvgIpc) is 2.51. The zero-order valence-electron chi connectivity index (χ0n) is 13.7. The number of amides is 1. The van der Waals surface area contributed by atoms with Gasteiger partial charge in [-0.2, -0.15) is 0 Å². The van der Waals surface area contributed by atoms with Crippen molar-refractivity contribution in [1.29, 1.82) is 0 Å². The maximum atomic E-state index is 12.4. The van der Waals surface area contributed by atoms with Crippen LogP contribution in [0.4, 0.5) is 5.69 Å². The standard InChI is InChI=1S/C20H20N2O/c1-13-7-8-14(2)17(11-13)12-19(23)22-18-6-4-5-16-10-9-15(3)21-20(16)18/h4-11H,12H2,1-3H3,(H,22,23). The maximum Gasteiger partial charge on any atom is 0.228 e. The lowest BCUT2D eigenvalue weighted by Gasteiger charge is -2.10. The summed E-state index contributed by atoms with van der Waals surface area (Å²) in [7, 11) is 0. The number of aryl methyl sites for hydroxylation is 3. The van der Waals surface area contributed by atoms with Crippen LogP contribution in [-0.4, -0.2) is 10.9 Å². The molecule has 0 unspecified atom stereocenters. The van der Waals surface area contributed by atoms with Crippen molar-refractivity contribution in [1.82, 2.24) is 4.98 Å². The van der Waals surface area contributed by atoms with Crippen LogP contribution in [-0.2, 0) is 11.2 Å². The second kappa shape index (κ2) is 6.21. The number of carbonyl (C=O) groups is 1. The number of hydrogen-bond acceptors (Lipinski definition) is 2. The summed E-state index contributed by atoms with van der Waals surface area (Å²) >= 11 is 0. The van der Waals surface area contributed by atoms with Gasteiger partial charge in [0, 0.05) is 11.1 Å². The zero-order valence-corrected chi connectivity index (χ0v) is 13.7. The summed E-state index contributed by atoms with van der Waals surface area (Å²) in [5.41, 5.74) is 5.91. The van der Waals surface area contributed by atoms with E-state index < -0.39 is 0 Å². The summed E-state index contributed by atoms with van der Waals surface area (Å²) in [6, 6.07) is 16.0. The van der Waals surface area contributed by atoms with E-state index in [2.05, 4.69) is 28.5 Å². The van der Waals surface area contributed by atoms with E-state index in [9.17, 15) is 4.79 Å². The predicted octanol–water partition coefficient (Wildman–Crippen LogP) is 4.34. The first kappa shape index (κ1) is 15.2. The lowest BCUT2D eigenvalue weighted by molar-refractivity contribution is -0.115. The molecular weight excluding hydrogens is 284 g/mol. The van der Waals surface area contributed by atoms with Gasteiger partial charge in [-0.25, -0.2) is 0 Å². The molecule has 0 radical (unpaired) electrons. The van der Waals surface area contributed by atoms with Crippen molar-refractivity contribution in [2.24, 2.45) is 0 Å². The summed E-state index contributed by atoms with van der Waals surface area (Å²) in [5.74, 6) is -0.0190. The minimum atomic E-state index is -0.0190. The average molecular weight is 304 g/mol. The molecule has 0 bridgehead atoms. The van der Waals surface area contributed by atoms with Gasteiger partial charge in [-0.15, -0.1) is 0 Å². The molecule has 0 aliphatic carbocycles. The first-order chi connectivity index (χ1) is 11.0. The minimum Gasteiger partial charge on any atom is -0.324 e. The third-order valence-corrected chi connectivity index (χ3v) is 3.99. The summed E-state index contributed by atoms with van der Waals surface area (Å²) < 4.78 is 0. The fourth-order valence-corrected chi connectivity index (χ4v) is 2.70. The van der Waals surface area contributed by atoms with E-state index in [1.54, 1.807) is 0 Å². The number of pyridine rings is 1. The summed E-state index contributed by atoms with van der Waals surface area (Å²) in [6.45, 7) is 6.03. The molecule has 1 N–H and O–H groups in total. The molecule has 0 aliphatic rings. The Balaban J connectivity index is 1.86. The van der Waals surface area contributed by atoms with Crippen molar-refractivity contribution in [2.45, 2.75) is 27.2 Å². The molecular formula is C20H20N2O. The topological polar surface area (TPSA) is 42.0 Å². The van der Waals surface area contributed by atoms with E-state index >= 15 is 0 Å². The molecule has 3 aromatic rings. The molecule has 0 saturated heterocycles. The van der Waals surface area contributed by atoms with Crippen LogP contribution in [0.3, 0.4) is 0 Å². The molecule has 3 heteroatoms. The molecule has 1 aromatic heterocycles. The first-order valence-electron chi connectivity index (χ1n) is 7.75. The van der Waals surface area contributed by atoms with Crippen LogP contribution in [0.2, 0.25) is 0 Å². The van der Waals surface area contributed by atoms with Gasteiger partial charge >= 0.3 is 0 Å². The predicted molar refractivity (Wildman–Crippen MR) is 94.7 cm³/mol. The zero-order chi connectivity index (χ0) is 16.4. The Morgan fingerprint density at radius 1 is 1.04 bits per heavy atom. The number of rotatable bonds is 3. The highest BCUT2D eigenvalue weighted by Crippen LogP contribution is 2.22. The van der Waals surface area contributed by atoms with E-state index in [1.807, 2.05) is 51.1 Å². The Morgan fingerprint density at radius 2 is 1.87 bits per heavy atom. The Hall–Kier alpha value is -2.68. The molecule has 0 atom stereocenters. The molecule has 1 heterocycles. The maximum absolute atomic E-state index is 12.4. The van der Waals surface area contributed by atoms with Gasteiger partial charge in [0.1, 0.15) is 0 Å². The quantitative estimate of drug-likeness (QED) is 0.782. The van der Waals surface area contributed by atoms with Gasteiger partial charge in [-0.3, -0.25) is 9.78 Å². The van der Waals surface area contributed by atoms with Crippen LogP contribution in [0.15, 0.2) is 48.5 Å². The number of nitrogens with zero attached hydrogens (tertiary/aromatic N) is 1. The molecule has 2 aromatic carbocycles. The van der Waals surface area contributed by atoms with E-state index in [-0.39, 0.29) is 5.91 Å². The van der Waals surface area contributed by atoms with Crippen molar-refractivity contribution in [2.75, 3.05) is 5.32 Å². The second-order valence-electron chi connectivity index (χ2n) is 5.98. The van der Waals surface area contributed by atoms with E-state index in [1.165, 1.54) is 5.56 Å². The SMILES string of the molecule is Cc1ccc(C)c(CC(=O)Nc2cccc3ccc(C)nc23)c1. The molecule has 3 nitrogen and oxygen atoms in total. The molecule has 0 saturated carbocycles. The third-order valence-electron chi connectivity index (χ3n) is 3.99. The number of hydrogen-bond donors (Lipinski definition) is 1. The van der Waals surface area contributed by atoms with Gasteiger partial charge < -0.3 is 5.32 Å². The normalized spacial score (nSPS) is 10.7. The number of aromatic nitrogens is 1. The second-order valence-corrected chi connectivity index (χ2v) is 5.98. The molecule has 3 rings (SSSR count). The summed E-state index contributed by atoms with van der Waals surface area (Å²) in [4.78, 5) is 17.0. The van der Waals surface area contributed by atoms with Crippen molar-refractivity contribution in [3.63, 3.8) is 0 Å². The summed E-state index contributed by atoms with van der Waals surface area (Å²) in [6.07, 6.45) is 0.371. The molecule has 116 valence electrons. The Labute approximate surface area is 136 Å². The van der Waals surface area contributed by atoms with Crippen LogP contribution in [0.1, 0.15) is 22.4 Å². The number of carbonyl (C=O) groups excluding carboxylic acids is 1. The highest BCUT2D eigenvalue weighted by Gasteiger charge is 2.09. The monoisotopic (exact) mass is 304 g/mol. The van der Waals surface area contributed by atoms with Gasteiger partial charge in [0.2, 0.25) is 5.91 Å². The smallest absolute Gasteiger partial charge is 0.228 e. The van der Waals surface area contributed by atoms with Gasteiger partial charge in [0.25, 0.3) is 0 Å². The van der Waals surface area contributed by atoms with Crippen molar-refractivity contribution in [3.05, 3.63) is 70.9 Å². The van der Waals surface area contributed by atoms with Gasteiger partial charge in [0.05, 0.1) is 17.6 Å². The number of anilines is 1. The van der Waals surface area contributed by atoms with Crippen molar-refractivity contribution >= 4 is 22.5 Å². The van der Waals surface area contributed by atoms with Gasteiger partial charge in [-0.05, 0) is 44.0 Å². The fourth-order valence-electron chi connectivity index (χ4n) is 2.70. The van der Waals surface area contributed by atoms with E-state index in [4.69, 9.17) is 0 Å². The lowest BCUT2D eigenvalue weighted by Crippen LogP contribution is -2.15. The Kier molecular flexibility index (Phi) is 4.11.